The van der Waals surface area contributed by atoms with E-state index in [2.05, 4.69) is 4.98 Å². The number of pyridine rings is 1. The molecule has 1 aromatic heterocycles. The average Bonchev–Trinajstić information content (AvgIpc) is 2.61. The lowest BCUT2D eigenvalue weighted by atomic mass is 10.1. The third-order valence-corrected chi connectivity index (χ3v) is 3.02. The minimum atomic E-state index is -0.944. The van der Waals surface area contributed by atoms with E-state index < -0.39 is 11.9 Å². The summed E-state index contributed by atoms with van der Waals surface area (Å²) in [7, 11) is 0. The van der Waals surface area contributed by atoms with Gasteiger partial charge in [0.25, 0.3) is 0 Å². The first-order valence-electron chi connectivity index (χ1n) is 5.14. The molecule has 1 N–H and O–H groups in total. The Morgan fingerprint density at radius 3 is 2.88 bits per heavy atom. The van der Waals surface area contributed by atoms with Crippen LogP contribution in [0.2, 0.25) is 5.15 Å². The van der Waals surface area contributed by atoms with Gasteiger partial charge in [0.1, 0.15) is 5.15 Å². The van der Waals surface area contributed by atoms with Gasteiger partial charge in [0, 0.05) is 13.0 Å². The molecule has 0 saturated carbocycles. The van der Waals surface area contributed by atoms with Gasteiger partial charge in [0.15, 0.2) is 0 Å². The second-order valence-electron chi connectivity index (χ2n) is 4.04. The largest absolute Gasteiger partial charge is 0.481 e. The summed E-state index contributed by atoms with van der Waals surface area (Å²) in [5.74, 6) is -1.78. The number of hydrogen-bond donors (Lipinski definition) is 1. The van der Waals surface area contributed by atoms with Gasteiger partial charge in [-0.2, -0.15) is 0 Å². The summed E-state index contributed by atoms with van der Waals surface area (Å²) in [5.41, 5.74) is 1.44. The molecular formula is C11H11ClN2O3. The highest BCUT2D eigenvalue weighted by molar-refractivity contribution is 6.29. The Labute approximate surface area is 103 Å². The number of carbonyl (C=O) groups is 2. The third kappa shape index (κ3) is 2.24. The first-order chi connectivity index (χ1) is 7.99. The van der Waals surface area contributed by atoms with Gasteiger partial charge in [-0.3, -0.25) is 9.59 Å². The zero-order chi connectivity index (χ0) is 12.6. The summed E-state index contributed by atoms with van der Waals surface area (Å²) < 4.78 is 0. The van der Waals surface area contributed by atoms with Crippen LogP contribution in [0.15, 0.2) is 12.3 Å². The van der Waals surface area contributed by atoms with E-state index in [0.29, 0.717) is 10.8 Å². The van der Waals surface area contributed by atoms with Crippen LogP contribution in [-0.2, 0) is 9.59 Å². The molecule has 5 nitrogen and oxygen atoms in total. The fourth-order valence-corrected chi connectivity index (χ4v) is 2.12. The van der Waals surface area contributed by atoms with Gasteiger partial charge >= 0.3 is 5.97 Å². The Hall–Kier alpha value is -1.62. The molecule has 0 radical (unpaired) electrons. The van der Waals surface area contributed by atoms with Crippen molar-refractivity contribution >= 4 is 29.2 Å². The minimum Gasteiger partial charge on any atom is -0.481 e. The van der Waals surface area contributed by atoms with Crippen molar-refractivity contribution in [3.8, 4) is 0 Å². The zero-order valence-corrected chi connectivity index (χ0v) is 9.94. The number of rotatable bonds is 2. The van der Waals surface area contributed by atoms with Crippen molar-refractivity contribution in [2.45, 2.75) is 13.3 Å². The molecule has 1 unspecified atom stereocenters. The maximum absolute atomic E-state index is 11.7. The molecule has 1 atom stereocenters. The highest BCUT2D eigenvalue weighted by atomic mass is 35.5. The Kier molecular flexibility index (Phi) is 3.02. The van der Waals surface area contributed by atoms with Crippen molar-refractivity contribution in [2.24, 2.45) is 5.92 Å². The van der Waals surface area contributed by atoms with Gasteiger partial charge < -0.3 is 10.0 Å². The van der Waals surface area contributed by atoms with Crippen LogP contribution in [0.25, 0.3) is 0 Å². The first-order valence-corrected chi connectivity index (χ1v) is 5.52. The molecule has 6 heteroatoms. The molecule has 1 aliphatic rings. The summed E-state index contributed by atoms with van der Waals surface area (Å²) in [4.78, 5) is 27.9. The van der Waals surface area contributed by atoms with Crippen LogP contribution < -0.4 is 4.90 Å². The van der Waals surface area contributed by atoms with Gasteiger partial charge in [-0.25, -0.2) is 4.98 Å². The number of nitrogens with zero attached hydrogens (tertiary/aromatic N) is 2. The quantitative estimate of drug-likeness (QED) is 0.812. The summed E-state index contributed by atoms with van der Waals surface area (Å²) in [6.45, 7) is 2.00. The second-order valence-corrected chi connectivity index (χ2v) is 4.42. The van der Waals surface area contributed by atoms with Crippen LogP contribution >= 0.6 is 11.6 Å². The number of anilines is 1. The van der Waals surface area contributed by atoms with E-state index in [1.807, 2.05) is 6.92 Å². The molecule has 2 heterocycles. The molecule has 0 spiro atoms. The molecule has 1 aliphatic heterocycles. The minimum absolute atomic E-state index is 0.0391. The highest BCUT2D eigenvalue weighted by Gasteiger charge is 2.35. The van der Waals surface area contributed by atoms with Gasteiger partial charge in [0.2, 0.25) is 5.91 Å². The van der Waals surface area contributed by atoms with Crippen LogP contribution in [0.5, 0.6) is 0 Å². The lowest BCUT2D eigenvalue weighted by Crippen LogP contribution is -2.26. The summed E-state index contributed by atoms with van der Waals surface area (Å²) in [6.07, 6.45) is 1.54. The fraction of sp³-hybridized carbons (Fsp3) is 0.364. The van der Waals surface area contributed by atoms with Crippen molar-refractivity contribution in [2.75, 3.05) is 11.4 Å². The molecule has 17 heavy (non-hydrogen) atoms. The van der Waals surface area contributed by atoms with Gasteiger partial charge in [-0.15, -0.1) is 0 Å². The highest BCUT2D eigenvalue weighted by Crippen LogP contribution is 2.28. The maximum Gasteiger partial charge on any atom is 0.308 e. The number of aromatic nitrogens is 1. The lowest BCUT2D eigenvalue weighted by molar-refractivity contribution is -0.141. The van der Waals surface area contributed by atoms with E-state index in [4.69, 9.17) is 16.7 Å². The number of aliphatic carboxylic acids is 1. The van der Waals surface area contributed by atoms with Crippen LogP contribution in [0, 0.1) is 12.8 Å². The first kappa shape index (κ1) is 11.9. The molecule has 1 amide bonds. The van der Waals surface area contributed by atoms with E-state index in [-0.39, 0.29) is 18.9 Å². The van der Waals surface area contributed by atoms with E-state index in [0.717, 1.165) is 5.56 Å². The molecular weight excluding hydrogens is 244 g/mol. The number of amides is 1. The van der Waals surface area contributed by atoms with Crippen LogP contribution in [0.3, 0.4) is 0 Å². The van der Waals surface area contributed by atoms with Crippen molar-refractivity contribution in [3.05, 3.63) is 23.0 Å². The predicted octanol–water partition coefficient (Wildman–Crippen LogP) is 1.48. The average molecular weight is 255 g/mol. The molecule has 1 saturated heterocycles. The smallest absolute Gasteiger partial charge is 0.308 e. The topological polar surface area (TPSA) is 70.5 Å². The molecule has 1 aromatic rings. The predicted molar refractivity (Wildman–Crippen MR) is 62.1 cm³/mol. The van der Waals surface area contributed by atoms with Crippen molar-refractivity contribution in [1.82, 2.24) is 4.98 Å². The normalized spacial score (nSPS) is 19.8. The van der Waals surface area contributed by atoms with Crippen molar-refractivity contribution in [3.63, 3.8) is 0 Å². The lowest BCUT2D eigenvalue weighted by Gasteiger charge is -2.18. The van der Waals surface area contributed by atoms with Gasteiger partial charge in [-0.05, 0) is 18.6 Å². The Bertz CT molecular complexity index is 490. The van der Waals surface area contributed by atoms with E-state index in [1.165, 1.54) is 11.1 Å². The van der Waals surface area contributed by atoms with E-state index in [9.17, 15) is 9.59 Å². The van der Waals surface area contributed by atoms with Crippen LogP contribution in [0.1, 0.15) is 12.0 Å². The monoisotopic (exact) mass is 254 g/mol. The number of halogens is 1. The summed E-state index contributed by atoms with van der Waals surface area (Å²) in [6, 6.07) is 1.65. The molecule has 1 fully saturated rings. The standard InChI is InChI=1S/C11H11ClN2O3/c1-6-2-9(12)13-4-8(6)14-5-7(11(16)17)3-10(14)15/h2,4,7H,3,5H2,1H3,(H,16,17). The number of aryl methyl sites for hydroxylation is 1. The summed E-state index contributed by atoms with van der Waals surface area (Å²) in [5, 5.41) is 9.25. The number of hydrogen-bond acceptors (Lipinski definition) is 3. The van der Waals surface area contributed by atoms with Crippen molar-refractivity contribution in [1.29, 1.82) is 0 Å². The Balaban J connectivity index is 2.29. The third-order valence-electron chi connectivity index (χ3n) is 2.81. The molecule has 0 aromatic carbocycles. The molecule has 90 valence electrons. The number of carbonyl (C=O) groups excluding carboxylic acids is 1. The second kappa shape index (κ2) is 4.33. The SMILES string of the molecule is Cc1cc(Cl)ncc1N1CC(C(=O)O)CC1=O. The summed E-state index contributed by atoms with van der Waals surface area (Å²) >= 11 is 5.73. The molecule has 0 bridgehead atoms. The maximum atomic E-state index is 11.7. The molecule has 0 aliphatic carbocycles. The molecule has 2 rings (SSSR count). The van der Waals surface area contributed by atoms with Crippen LogP contribution in [-0.4, -0.2) is 28.5 Å². The van der Waals surface area contributed by atoms with Gasteiger partial charge in [0.05, 0.1) is 17.8 Å². The number of carboxylic acid groups (broad SMARTS) is 1. The van der Waals surface area contributed by atoms with Crippen molar-refractivity contribution < 1.29 is 14.7 Å². The van der Waals surface area contributed by atoms with E-state index in [1.54, 1.807) is 6.07 Å². The van der Waals surface area contributed by atoms with Gasteiger partial charge in [-0.1, -0.05) is 11.6 Å². The number of carboxylic acids is 1. The fourth-order valence-electron chi connectivity index (χ4n) is 1.90. The Morgan fingerprint density at radius 1 is 1.65 bits per heavy atom. The zero-order valence-electron chi connectivity index (χ0n) is 9.18. The Morgan fingerprint density at radius 2 is 2.35 bits per heavy atom. The van der Waals surface area contributed by atoms with Crippen LogP contribution in [0.4, 0.5) is 5.69 Å². The van der Waals surface area contributed by atoms with E-state index >= 15 is 0 Å².